The van der Waals surface area contributed by atoms with E-state index in [9.17, 15) is 9.59 Å². The Balaban J connectivity index is 1.91. The first-order valence-electron chi connectivity index (χ1n) is 6.88. The average Bonchev–Trinajstić information content (AvgIpc) is 2.60. The van der Waals surface area contributed by atoms with Gasteiger partial charge in [-0.25, -0.2) is 14.8 Å². The molecule has 0 atom stereocenters. The Morgan fingerprint density at radius 3 is 2.70 bits per heavy atom. The molecule has 3 aromatic rings. The van der Waals surface area contributed by atoms with Crippen LogP contribution in [0.5, 0.6) is 0 Å². The van der Waals surface area contributed by atoms with Crippen LogP contribution in [-0.2, 0) is 4.74 Å². The SMILES string of the molecule is COC(=O)c1cccc(NC(=O)c2ncnc3ccccc23)c1. The summed E-state index contributed by atoms with van der Waals surface area (Å²) in [5.41, 5.74) is 1.81. The minimum absolute atomic E-state index is 0.277. The summed E-state index contributed by atoms with van der Waals surface area (Å²) in [6, 6.07) is 13.8. The molecule has 0 bridgehead atoms. The van der Waals surface area contributed by atoms with Crippen LogP contribution in [0.4, 0.5) is 5.69 Å². The Bertz CT molecular complexity index is 888. The van der Waals surface area contributed by atoms with Gasteiger partial charge in [0.05, 0.1) is 18.2 Å². The topological polar surface area (TPSA) is 81.2 Å². The van der Waals surface area contributed by atoms with E-state index in [1.54, 1.807) is 30.3 Å². The molecule has 0 radical (unpaired) electrons. The number of nitrogens with one attached hydrogen (secondary N) is 1. The minimum Gasteiger partial charge on any atom is -0.465 e. The maximum atomic E-state index is 12.5. The molecule has 0 saturated heterocycles. The number of methoxy groups -OCH3 is 1. The second-order valence-electron chi connectivity index (χ2n) is 4.77. The largest absolute Gasteiger partial charge is 0.465 e. The van der Waals surface area contributed by atoms with E-state index in [-0.39, 0.29) is 11.6 Å². The highest BCUT2D eigenvalue weighted by molar-refractivity contribution is 6.10. The van der Waals surface area contributed by atoms with Crippen molar-refractivity contribution in [2.24, 2.45) is 0 Å². The molecule has 1 heterocycles. The number of hydrogen-bond donors (Lipinski definition) is 1. The number of fused-ring (bicyclic) bond motifs is 1. The highest BCUT2D eigenvalue weighted by atomic mass is 16.5. The predicted octanol–water partition coefficient (Wildman–Crippen LogP) is 2.67. The second-order valence-corrected chi connectivity index (χ2v) is 4.77. The van der Waals surface area contributed by atoms with Crippen molar-refractivity contribution in [1.82, 2.24) is 9.97 Å². The zero-order chi connectivity index (χ0) is 16.2. The molecule has 1 aromatic heterocycles. The number of aromatic nitrogens is 2. The molecular weight excluding hydrogens is 294 g/mol. The van der Waals surface area contributed by atoms with Crippen LogP contribution < -0.4 is 5.32 Å². The molecule has 0 unspecified atom stereocenters. The maximum absolute atomic E-state index is 12.5. The van der Waals surface area contributed by atoms with Gasteiger partial charge in [-0.15, -0.1) is 0 Å². The summed E-state index contributed by atoms with van der Waals surface area (Å²) in [7, 11) is 1.31. The van der Waals surface area contributed by atoms with Crippen LogP contribution in [0.2, 0.25) is 0 Å². The zero-order valence-corrected chi connectivity index (χ0v) is 12.3. The lowest BCUT2D eigenvalue weighted by Gasteiger charge is -2.08. The van der Waals surface area contributed by atoms with Crippen LogP contribution in [0.15, 0.2) is 54.9 Å². The predicted molar refractivity (Wildman–Crippen MR) is 85.3 cm³/mol. The molecule has 23 heavy (non-hydrogen) atoms. The Morgan fingerprint density at radius 2 is 1.87 bits per heavy atom. The molecule has 0 spiro atoms. The Labute approximate surface area is 132 Å². The van der Waals surface area contributed by atoms with E-state index in [4.69, 9.17) is 0 Å². The number of anilines is 1. The molecule has 3 rings (SSSR count). The fourth-order valence-corrected chi connectivity index (χ4v) is 2.22. The van der Waals surface area contributed by atoms with Gasteiger partial charge in [-0.3, -0.25) is 4.79 Å². The number of nitrogens with zero attached hydrogens (tertiary/aromatic N) is 2. The number of rotatable bonds is 3. The summed E-state index contributed by atoms with van der Waals surface area (Å²) in [6.07, 6.45) is 1.35. The van der Waals surface area contributed by atoms with E-state index < -0.39 is 5.97 Å². The average molecular weight is 307 g/mol. The molecule has 114 valence electrons. The van der Waals surface area contributed by atoms with Crippen molar-refractivity contribution in [1.29, 1.82) is 0 Å². The number of carbonyl (C=O) groups excluding carboxylic acids is 2. The molecule has 1 amide bonds. The highest BCUT2D eigenvalue weighted by Crippen LogP contribution is 2.17. The third kappa shape index (κ3) is 3.01. The summed E-state index contributed by atoms with van der Waals surface area (Å²) >= 11 is 0. The van der Waals surface area contributed by atoms with Gasteiger partial charge in [0.25, 0.3) is 5.91 Å². The maximum Gasteiger partial charge on any atom is 0.337 e. The van der Waals surface area contributed by atoms with Gasteiger partial charge in [-0.2, -0.15) is 0 Å². The lowest BCUT2D eigenvalue weighted by molar-refractivity contribution is 0.0600. The van der Waals surface area contributed by atoms with Gasteiger partial charge in [0.15, 0.2) is 0 Å². The van der Waals surface area contributed by atoms with Gasteiger partial charge in [0.2, 0.25) is 0 Å². The lowest BCUT2D eigenvalue weighted by Crippen LogP contribution is -2.15. The number of amides is 1. The standard InChI is InChI=1S/C17H13N3O3/c1-23-17(22)11-5-4-6-12(9-11)20-16(21)15-13-7-2-3-8-14(13)18-10-19-15/h2-10H,1H3,(H,20,21). The van der Waals surface area contributed by atoms with E-state index in [0.717, 1.165) is 0 Å². The van der Waals surface area contributed by atoms with Crippen molar-refractivity contribution < 1.29 is 14.3 Å². The summed E-state index contributed by atoms with van der Waals surface area (Å²) in [5.74, 6) is -0.834. The summed E-state index contributed by atoms with van der Waals surface area (Å²) in [5, 5.41) is 3.40. The van der Waals surface area contributed by atoms with Crippen LogP contribution in [-0.4, -0.2) is 29.0 Å². The first kappa shape index (κ1) is 14.6. The Hall–Kier alpha value is -3.28. The molecule has 0 aliphatic carbocycles. The molecule has 1 N–H and O–H groups in total. The summed E-state index contributed by atoms with van der Waals surface area (Å²) in [6.45, 7) is 0. The van der Waals surface area contributed by atoms with E-state index in [1.807, 2.05) is 18.2 Å². The quantitative estimate of drug-likeness (QED) is 0.752. The first-order chi connectivity index (χ1) is 11.2. The Morgan fingerprint density at radius 1 is 1.04 bits per heavy atom. The van der Waals surface area contributed by atoms with Crippen molar-refractivity contribution in [2.45, 2.75) is 0 Å². The van der Waals surface area contributed by atoms with Gasteiger partial charge in [0, 0.05) is 11.1 Å². The molecule has 6 heteroatoms. The summed E-state index contributed by atoms with van der Waals surface area (Å²) < 4.78 is 4.67. The van der Waals surface area contributed by atoms with Crippen molar-refractivity contribution in [3.8, 4) is 0 Å². The fourth-order valence-electron chi connectivity index (χ4n) is 2.22. The number of benzene rings is 2. The van der Waals surface area contributed by atoms with Crippen molar-refractivity contribution in [2.75, 3.05) is 12.4 Å². The molecular formula is C17H13N3O3. The monoisotopic (exact) mass is 307 g/mol. The molecule has 0 fully saturated rings. The summed E-state index contributed by atoms with van der Waals surface area (Å²) in [4.78, 5) is 32.2. The first-order valence-corrected chi connectivity index (χ1v) is 6.88. The van der Waals surface area contributed by atoms with Crippen LogP contribution >= 0.6 is 0 Å². The van der Waals surface area contributed by atoms with Crippen LogP contribution in [0.3, 0.4) is 0 Å². The molecule has 0 aliphatic rings. The molecule has 2 aromatic carbocycles. The second kappa shape index (κ2) is 6.23. The van der Waals surface area contributed by atoms with Crippen molar-refractivity contribution >= 4 is 28.5 Å². The van der Waals surface area contributed by atoms with Crippen molar-refractivity contribution in [3.05, 3.63) is 66.1 Å². The molecule has 6 nitrogen and oxygen atoms in total. The van der Waals surface area contributed by atoms with Crippen LogP contribution in [0.25, 0.3) is 10.9 Å². The third-order valence-corrected chi connectivity index (χ3v) is 3.30. The minimum atomic E-state index is -0.464. The Kier molecular flexibility index (Phi) is 3.97. The number of carbonyl (C=O) groups is 2. The van der Waals surface area contributed by atoms with Gasteiger partial charge in [-0.05, 0) is 24.3 Å². The zero-order valence-electron chi connectivity index (χ0n) is 12.3. The van der Waals surface area contributed by atoms with E-state index >= 15 is 0 Å². The van der Waals surface area contributed by atoms with E-state index in [0.29, 0.717) is 22.2 Å². The van der Waals surface area contributed by atoms with Gasteiger partial charge >= 0.3 is 5.97 Å². The van der Waals surface area contributed by atoms with Gasteiger partial charge in [-0.1, -0.05) is 24.3 Å². The third-order valence-electron chi connectivity index (χ3n) is 3.30. The highest BCUT2D eigenvalue weighted by Gasteiger charge is 2.13. The van der Waals surface area contributed by atoms with E-state index in [2.05, 4.69) is 20.0 Å². The normalized spacial score (nSPS) is 10.3. The molecule has 0 aliphatic heterocycles. The van der Waals surface area contributed by atoms with Gasteiger partial charge < -0.3 is 10.1 Å². The van der Waals surface area contributed by atoms with Crippen molar-refractivity contribution in [3.63, 3.8) is 0 Å². The molecule has 0 saturated carbocycles. The smallest absolute Gasteiger partial charge is 0.337 e. The number of para-hydroxylation sites is 1. The number of ether oxygens (including phenoxy) is 1. The fraction of sp³-hybridized carbons (Fsp3) is 0.0588. The number of hydrogen-bond acceptors (Lipinski definition) is 5. The van der Waals surface area contributed by atoms with E-state index in [1.165, 1.54) is 13.4 Å². The van der Waals surface area contributed by atoms with Crippen LogP contribution in [0.1, 0.15) is 20.8 Å². The van der Waals surface area contributed by atoms with Crippen LogP contribution in [0, 0.1) is 0 Å². The van der Waals surface area contributed by atoms with Gasteiger partial charge in [0.1, 0.15) is 12.0 Å². The lowest BCUT2D eigenvalue weighted by atomic mass is 10.1. The number of esters is 1.